The fraction of sp³-hybridized carbons (Fsp3) is 0.118. The summed E-state index contributed by atoms with van der Waals surface area (Å²) < 4.78 is 10.9. The van der Waals surface area contributed by atoms with E-state index in [-0.39, 0.29) is 11.6 Å². The summed E-state index contributed by atoms with van der Waals surface area (Å²) in [5.41, 5.74) is 4.76. The molecule has 0 saturated heterocycles. The number of furan rings is 1. The van der Waals surface area contributed by atoms with Crippen LogP contribution >= 0.6 is 0 Å². The predicted molar refractivity (Wildman–Crippen MR) is 86.1 cm³/mol. The number of nitriles is 1. The number of aromatic nitrogens is 1. The van der Waals surface area contributed by atoms with Crippen molar-refractivity contribution in [2.45, 2.75) is 13.8 Å². The van der Waals surface area contributed by atoms with E-state index in [1.165, 1.54) is 6.21 Å². The molecule has 0 bridgehead atoms. The zero-order chi connectivity index (χ0) is 16.2. The molecule has 2 heterocycles. The van der Waals surface area contributed by atoms with E-state index in [0.29, 0.717) is 11.7 Å². The summed E-state index contributed by atoms with van der Waals surface area (Å²) in [6.07, 6.45) is 1.50. The van der Waals surface area contributed by atoms with E-state index in [4.69, 9.17) is 14.1 Å². The van der Waals surface area contributed by atoms with Crippen molar-refractivity contribution < 1.29 is 8.83 Å². The molecule has 3 aromatic rings. The largest absolute Gasteiger partial charge is 0.460 e. The van der Waals surface area contributed by atoms with Gasteiger partial charge in [-0.1, -0.05) is 17.7 Å². The summed E-state index contributed by atoms with van der Waals surface area (Å²) in [7, 11) is 0. The summed E-state index contributed by atoms with van der Waals surface area (Å²) >= 11 is 0. The molecule has 6 nitrogen and oxygen atoms in total. The fourth-order valence-corrected chi connectivity index (χ4v) is 1.97. The van der Waals surface area contributed by atoms with Crippen molar-refractivity contribution in [2.75, 3.05) is 5.43 Å². The summed E-state index contributed by atoms with van der Waals surface area (Å²) in [4.78, 5) is 4.17. The van der Waals surface area contributed by atoms with E-state index in [1.807, 2.05) is 50.2 Å². The second-order valence-corrected chi connectivity index (χ2v) is 4.99. The number of benzene rings is 1. The topological polar surface area (TPSA) is 87.4 Å². The standard InChI is InChI=1S/C17H14N4O2/c1-11-3-6-13(7-4-11)16-20-15(9-18)17(23-16)21-19-10-14-8-5-12(2)22-14/h3-8,10,21H,1-2H3/b19-10+. The van der Waals surface area contributed by atoms with Gasteiger partial charge in [-0.05, 0) is 38.1 Å². The van der Waals surface area contributed by atoms with Gasteiger partial charge < -0.3 is 8.83 Å². The molecule has 0 spiro atoms. The Morgan fingerprint density at radius 2 is 1.91 bits per heavy atom. The van der Waals surface area contributed by atoms with Gasteiger partial charge in [0, 0.05) is 5.56 Å². The van der Waals surface area contributed by atoms with Crippen LogP contribution in [0.15, 0.2) is 50.3 Å². The Kier molecular flexibility index (Phi) is 3.93. The Hall–Kier alpha value is -3.33. The van der Waals surface area contributed by atoms with Crippen molar-refractivity contribution in [2.24, 2.45) is 5.10 Å². The first kappa shape index (κ1) is 14.6. The molecule has 0 aliphatic carbocycles. The monoisotopic (exact) mass is 306 g/mol. The van der Waals surface area contributed by atoms with Gasteiger partial charge in [-0.25, -0.2) is 5.43 Å². The number of oxazole rings is 1. The van der Waals surface area contributed by atoms with Crippen molar-refractivity contribution in [3.8, 4) is 17.5 Å². The summed E-state index contributed by atoms with van der Waals surface area (Å²) in [6.45, 7) is 3.85. The SMILES string of the molecule is Cc1ccc(-c2nc(C#N)c(N/N=C/c3ccc(C)o3)o2)cc1. The van der Waals surface area contributed by atoms with E-state index in [2.05, 4.69) is 15.5 Å². The third kappa shape index (κ3) is 3.30. The second-order valence-electron chi connectivity index (χ2n) is 4.99. The van der Waals surface area contributed by atoms with Gasteiger partial charge in [0.15, 0.2) is 0 Å². The van der Waals surface area contributed by atoms with Crippen LogP contribution < -0.4 is 5.43 Å². The molecule has 0 radical (unpaired) electrons. The number of nitrogens with one attached hydrogen (secondary N) is 1. The molecule has 6 heteroatoms. The minimum Gasteiger partial charge on any atom is -0.460 e. The molecule has 3 rings (SSSR count). The van der Waals surface area contributed by atoms with Crippen molar-refractivity contribution >= 4 is 12.1 Å². The minimum absolute atomic E-state index is 0.147. The van der Waals surface area contributed by atoms with Crippen molar-refractivity contribution in [3.05, 3.63) is 59.2 Å². The Morgan fingerprint density at radius 1 is 1.13 bits per heavy atom. The molecule has 0 aliphatic heterocycles. The lowest BCUT2D eigenvalue weighted by molar-refractivity contribution is 0.528. The van der Waals surface area contributed by atoms with Gasteiger partial charge in [0.2, 0.25) is 11.6 Å². The van der Waals surface area contributed by atoms with E-state index >= 15 is 0 Å². The zero-order valence-corrected chi connectivity index (χ0v) is 12.7. The Labute approximate surface area is 133 Å². The van der Waals surface area contributed by atoms with Gasteiger partial charge in [-0.15, -0.1) is 0 Å². The molecule has 0 aliphatic rings. The smallest absolute Gasteiger partial charge is 0.252 e. The minimum atomic E-state index is 0.147. The number of hydrogen-bond acceptors (Lipinski definition) is 6. The maximum Gasteiger partial charge on any atom is 0.252 e. The van der Waals surface area contributed by atoms with Crippen molar-refractivity contribution in [1.29, 1.82) is 5.26 Å². The Balaban J connectivity index is 1.81. The molecule has 0 atom stereocenters. The highest BCUT2D eigenvalue weighted by Crippen LogP contribution is 2.25. The highest BCUT2D eigenvalue weighted by Gasteiger charge is 2.13. The van der Waals surface area contributed by atoms with Gasteiger partial charge in [-0.2, -0.15) is 15.3 Å². The molecule has 0 unspecified atom stereocenters. The van der Waals surface area contributed by atoms with E-state index in [1.54, 1.807) is 6.07 Å². The van der Waals surface area contributed by atoms with Crippen LogP contribution in [0.5, 0.6) is 0 Å². The lowest BCUT2D eigenvalue weighted by atomic mass is 10.1. The molecule has 0 amide bonds. The van der Waals surface area contributed by atoms with Crippen LogP contribution in [0, 0.1) is 25.2 Å². The average Bonchev–Trinajstić information content (AvgIpc) is 3.14. The predicted octanol–water partition coefficient (Wildman–Crippen LogP) is 3.87. The molecular formula is C17H14N4O2. The van der Waals surface area contributed by atoms with Gasteiger partial charge in [-0.3, -0.25) is 0 Å². The van der Waals surface area contributed by atoms with Crippen LogP contribution in [0.4, 0.5) is 5.88 Å². The van der Waals surface area contributed by atoms with Gasteiger partial charge >= 0.3 is 0 Å². The fourth-order valence-electron chi connectivity index (χ4n) is 1.97. The lowest BCUT2D eigenvalue weighted by Crippen LogP contribution is -1.90. The maximum absolute atomic E-state index is 9.16. The summed E-state index contributed by atoms with van der Waals surface area (Å²) in [6, 6.07) is 13.3. The van der Waals surface area contributed by atoms with E-state index in [9.17, 15) is 0 Å². The van der Waals surface area contributed by atoms with Gasteiger partial charge in [0.25, 0.3) is 5.88 Å². The van der Waals surface area contributed by atoms with Crippen LogP contribution in [0.25, 0.3) is 11.5 Å². The lowest BCUT2D eigenvalue weighted by Gasteiger charge is -1.96. The van der Waals surface area contributed by atoms with Crippen LogP contribution in [0.3, 0.4) is 0 Å². The highest BCUT2D eigenvalue weighted by molar-refractivity contribution is 5.76. The second kappa shape index (κ2) is 6.20. The molecular weight excluding hydrogens is 292 g/mol. The third-order valence-corrected chi connectivity index (χ3v) is 3.15. The van der Waals surface area contributed by atoms with Crippen LogP contribution in [0.1, 0.15) is 22.8 Å². The quantitative estimate of drug-likeness (QED) is 0.584. The maximum atomic E-state index is 9.16. The van der Waals surface area contributed by atoms with Crippen molar-refractivity contribution in [1.82, 2.24) is 4.98 Å². The normalized spacial score (nSPS) is 10.8. The number of hydrogen-bond donors (Lipinski definition) is 1. The molecule has 2 aromatic heterocycles. The van der Waals surface area contributed by atoms with Crippen LogP contribution in [-0.2, 0) is 0 Å². The molecule has 114 valence electrons. The highest BCUT2D eigenvalue weighted by atomic mass is 16.4. The van der Waals surface area contributed by atoms with Gasteiger partial charge in [0.05, 0.1) is 6.21 Å². The molecule has 0 saturated carbocycles. The summed E-state index contributed by atoms with van der Waals surface area (Å²) in [5, 5.41) is 13.2. The first-order chi connectivity index (χ1) is 11.2. The first-order valence-electron chi connectivity index (χ1n) is 6.99. The number of rotatable bonds is 4. The van der Waals surface area contributed by atoms with Crippen molar-refractivity contribution in [3.63, 3.8) is 0 Å². The molecule has 1 aromatic carbocycles. The molecule has 1 N–H and O–H groups in total. The summed E-state index contributed by atoms with van der Waals surface area (Å²) in [5.74, 6) is 1.97. The third-order valence-electron chi connectivity index (χ3n) is 3.15. The number of anilines is 1. The zero-order valence-electron chi connectivity index (χ0n) is 12.7. The Bertz CT molecular complexity index is 882. The Morgan fingerprint density at radius 3 is 2.57 bits per heavy atom. The number of hydrazone groups is 1. The van der Waals surface area contributed by atoms with E-state index in [0.717, 1.165) is 16.9 Å². The van der Waals surface area contributed by atoms with Crippen LogP contribution in [-0.4, -0.2) is 11.2 Å². The number of nitrogens with zero attached hydrogens (tertiary/aromatic N) is 3. The van der Waals surface area contributed by atoms with Gasteiger partial charge in [0.1, 0.15) is 17.6 Å². The molecule has 0 fully saturated rings. The average molecular weight is 306 g/mol. The van der Waals surface area contributed by atoms with Crippen LogP contribution in [0.2, 0.25) is 0 Å². The number of aryl methyl sites for hydroxylation is 2. The molecule has 23 heavy (non-hydrogen) atoms. The van der Waals surface area contributed by atoms with E-state index < -0.39 is 0 Å². The first-order valence-corrected chi connectivity index (χ1v) is 6.99.